The van der Waals surface area contributed by atoms with Crippen molar-refractivity contribution in [3.8, 4) is 0 Å². The third kappa shape index (κ3) is 5.89. The van der Waals surface area contributed by atoms with Gasteiger partial charge in [-0.15, -0.1) is 0 Å². The number of thioether (sulfide) groups is 1. The SMILES string of the molecule is CS(=O)(=O)CCC(N)C(=O)NCC1(N2CCSCC2)CCCCC1. The van der Waals surface area contributed by atoms with Gasteiger partial charge in [-0.2, -0.15) is 11.8 Å². The molecule has 2 aliphatic rings. The Bertz CT molecular complexity index is 513. The van der Waals surface area contributed by atoms with Crippen LogP contribution in [0.4, 0.5) is 0 Å². The van der Waals surface area contributed by atoms with Crippen molar-refractivity contribution in [2.24, 2.45) is 5.73 Å². The van der Waals surface area contributed by atoms with Gasteiger partial charge < -0.3 is 11.1 Å². The molecule has 1 aliphatic heterocycles. The van der Waals surface area contributed by atoms with E-state index in [0.29, 0.717) is 6.54 Å². The standard InChI is InChI=1S/C16H31N3O3S2/c1-24(21,22)12-5-14(17)15(20)18-13-16(6-3-2-4-7-16)19-8-10-23-11-9-19/h14H,2-13,17H2,1H3,(H,18,20). The Kier molecular flexibility index (Phi) is 7.39. The second kappa shape index (κ2) is 8.87. The molecule has 2 fully saturated rings. The lowest BCUT2D eigenvalue weighted by atomic mass is 9.80. The summed E-state index contributed by atoms with van der Waals surface area (Å²) < 4.78 is 22.5. The zero-order valence-corrected chi connectivity index (χ0v) is 16.3. The lowest BCUT2D eigenvalue weighted by molar-refractivity contribution is -0.123. The summed E-state index contributed by atoms with van der Waals surface area (Å²) in [7, 11) is -3.09. The molecule has 0 radical (unpaired) electrons. The fourth-order valence-electron chi connectivity index (χ4n) is 3.71. The Morgan fingerprint density at radius 1 is 1.25 bits per heavy atom. The van der Waals surface area contributed by atoms with Gasteiger partial charge in [0.05, 0.1) is 11.8 Å². The van der Waals surface area contributed by atoms with Crippen molar-refractivity contribution in [1.82, 2.24) is 10.2 Å². The van der Waals surface area contributed by atoms with Gasteiger partial charge in [-0.25, -0.2) is 8.42 Å². The van der Waals surface area contributed by atoms with Crippen LogP contribution in [0.2, 0.25) is 0 Å². The molecule has 0 spiro atoms. The van der Waals surface area contributed by atoms with Crippen molar-refractivity contribution in [2.75, 3.05) is 43.1 Å². The van der Waals surface area contributed by atoms with Crippen LogP contribution >= 0.6 is 11.8 Å². The molecule has 8 heteroatoms. The third-order valence-electron chi connectivity index (χ3n) is 5.19. The minimum atomic E-state index is -3.09. The molecule has 1 atom stereocenters. The van der Waals surface area contributed by atoms with E-state index in [1.807, 2.05) is 11.8 Å². The van der Waals surface area contributed by atoms with E-state index in [1.54, 1.807) is 0 Å². The molecule has 24 heavy (non-hydrogen) atoms. The van der Waals surface area contributed by atoms with Crippen molar-refractivity contribution in [3.63, 3.8) is 0 Å². The maximum absolute atomic E-state index is 12.3. The smallest absolute Gasteiger partial charge is 0.237 e. The second-order valence-electron chi connectivity index (χ2n) is 7.13. The summed E-state index contributed by atoms with van der Waals surface area (Å²) in [5.74, 6) is 2.04. The summed E-state index contributed by atoms with van der Waals surface area (Å²) in [5.41, 5.74) is 5.93. The summed E-state index contributed by atoms with van der Waals surface area (Å²) in [6, 6.07) is -0.753. The van der Waals surface area contributed by atoms with E-state index in [9.17, 15) is 13.2 Å². The Morgan fingerprint density at radius 2 is 1.88 bits per heavy atom. The van der Waals surface area contributed by atoms with Gasteiger partial charge in [0.25, 0.3) is 0 Å². The summed E-state index contributed by atoms with van der Waals surface area (Å²) >= 11 is 1.99. The van der Waals surface area contributed by atoms with E-state index in [2.05, 4.69) is 10.2 Å². The van der Waals surface area contributed by atoms with Gasteiger partial charge in [-0.3, -0.25) is 9.69 Å². The number of nitrogens with two attached hydrogens (primary N) is 1. The first kappa shape index (κ1) is 20.0. The Hall–Kier alpha value is -0.310. The molecule has 1 saturated carbocycles. The summed E-state index contributed by atoms with van der Waals surface area (Å²) in [4.78, 5) is 14.8. The largest absolute Gasteiger partial charge is 0.353 e. The third-order valence-corrected chi connectivity index (χ3v) is 7.11. The lowest BCUT2D eigenvalue weighted by Gasteiger charge is -2.48. The number of sulfone groups is 1. The molecule has 1 unspecified atom stereocenters. The number of nitrogens with one attached hydrogen (secondary N) is 1. The highest BCUT2D eigenvalue weighted by Crippen LogP contribution is 2.34. The van der Waals surface area contributed by atoms with Crippen LogP contribution in [-0.2, 0) is 14.6 Å². The fraction of sp³-hybridized carbons (Fsp3) is 0.938. The van der Waals surface area contributed by atoms with E-state index >= 15 is 0 Å². The van der Waals surface area contributed by atoms with Crippen LogP contribution in [0.1, 0.15) is 38.5 Å². The van der Waals surface area contributed by atoms with Crippen LogP contribution < -0.4 is 11.1 Å². The molecule has 0 aromatic carbocycles. The van der Waals surface area contributed by atoms with Gasteiger partial charge in [0, 0.05) is 42.9 Å². The van der Waals surface area contributed by atoms with Crippen molar-refractivity contribution in [2.45, 2.75) is 50.1 Å². The molecule has 0 aromatic rings. The van der Waals surface area contributed by atoms with Crippen molar-refractivity contribution < 1.29 is 13.2 Å². The van der Waals surface area contributed by atoms with Gasteiger partial charge in [0.15, 0.2) is 0 Å². The van der Waals surface area contributed by atoms with Gasteiger partial charge in [0.2, 0.25) is 5.91 Å². The van der Waals surface area contributed by atoms with Gasteiger partial charge in [-0.1, -0.05) is 19.3 Å². The van der Waals surface area contributed by atoms with Crippen LogP contribution in [-0.4, -0.2) is 74.0 Å². The minimum Gasteiger partial charge on any atom is -0.353 e. The first-order valence-electron chi connectivity index (χ1n) is 8.86. The molecule has 1 heterocycles. The Labute approximate surface area is 150 Å². The summed E-state index contributed by atoms with van der Waals surface area (Å²) in [6.07, 6.45) is 7.28. The monoisotopic (exact) mass is 377 g/mol. The topological polar surface area (TPSA) is 92.5 Å². The number of rotatable bonds is 7. The number of hydrogen-bond donors (Lipinski definition) is 2. The van der Waals surface area contributed by atoms with Gasteiger partial charge in [0.1, 0.15) is 9.84 Å². The van der Waals surface area contributed by atoms with Crippen molar-refractivity contribution in [3.05, 3.63) is 0 Å². The fourth-order valence-corrected chi connectivity index (χ4v) is 5.29. The van der Waals surface area contributed by atoms with E-state index in [0.717, 1.165) is 37.4 Å². The molecule has 1 saturated heterocycles. The van der Waals surface area contributed by atoms with Crippen molar-refractivity contribution in [1.29, 1.82) is 0 Å². The number of carbonyl (C=O) groups excluding carboxylic acids is 1. The molecular weight excluding hydrogens is 346 g/mol. The first-order valence-corrected chi connectivity index (χ1v) is 12.1. The minimum absolute atomic E-state index is 0.0456. The number of hydrogen-bond acceptors (Lipinski definition) is 6. The zero-order chi connectivity index (χ0) is 17.6. The Morgan fingerprint density at radius 3 is 2.46 bits per heavy atom. The molecule has 1 aliphatic carbocycles. The van der Waals surface area contributed by atoms with Gasteiger partial charge >= 0.3 is 0 Å². The highest BCUT2D eigenvalue weighted by Gasteiger charge is 2.38. The van der Waals surface area contributed by atoms with E-state index in [4.69, 9.17) is 5.73 Å². The molecule has 6 nitrogen and oxygen atoms in total. The van der Waals surface area contributed by atoms with Crippen molar-refractivity contribution >= 4 is 27.5 Å². The Balaban J connectivity index is 1.91. The normalized spacial score (nSPS) is 23.6. The van der Waals surface area contributed by atoms with Crippen LogP contribution in [0.25, 0.3) is 0 Å². The van der Waals surface area contributed by atoms with Gasteiger partial charge in [-0.05, 0) is 19.3 Å². The lowest BCUT2D eigenvalue weighted by Crippen LogP contribution is -2.60. The molecule has 0 bridgehead atoms. The molecule has 3 N–H and O–H groups in total. The van der Waals surface area contributed by atoms with Crippen LogP contribution in [0.3, 0.4) is 0 Å². The maximum atomic E-state index is 12.3. The summed E-state index contributed by atoms with van der Waals surface area (Å²) in [5, 5.41) is 3.02. The highest BCUT2D eigenvalue weighted by atomic mass is 32.2. The summed E-state index contributed by atoms with van der Waals surface area (Å²) in [6.45, 7) is 2.80. The maximum Gasteiger partial charge on any atom is 0.237 e. The molecule has 0 aromatic heterocycles. The number of amides is 1. The predicted molar refractivity (Wildman–Crippen MR) is 100 cm³/mol. The predicted octanol–water partition coefficient (Wildman–Crippen LogP) is 0.616. The average Bonchev–Trinajstić information content (AvgIpc) is 2.58. The number of nitrogens with zero attached hydrogens (tertiary/aromatic N) is 1. The van der Waals surface area contributed by atoms with E-state index < -0.39 is 15.9 Å². The molecule has 2 rings (SSSR count). The van der Waals surface area contributed by atoms with Crippen LogP contribution in [0.15, 0.2) is 0 Å². The quantitative estimate of drug-likeness (QED) is 0.676. The van der Waals surface area contributed by atoms with E-state index in [-0.39, 0.29) is 23.6 Å². The molecular formula is C16H31N3O3S2. The van der Waals surface area contributed by atoms with E-state index in [1.165, 1.54) is 25.5 Å². The number of carbonyl (C=O) groups is 1. The van der Waals surface area contributed by atoms with Crippen LogP contribution in [0, 0.1) is 0 Å². The highest BCUT2D eigenvalue weighted by molar-refractivity contribution is 7.99. The molecule has 1 amide bonds. The van der Waals surface area contributed by atoms with Crippen LogP contribution in [0.5, 0.6) is 0 Å². The second-order valence-corrected chi connectivity index (χ2v) is 10.6. The molecule has 140 valence electrons. The average molecular weight is 378 g/mol. The zero-order valence-electron chi connectivity index (χ0n) is 14.6. The first-order chi connectivity index (χ1) is 11.3.